The van der Waals surface area contributed by atoms with E-state index < -0.39 is 0 Å². The third-order valence-electron chi connectivity index (χ3n) is 2.40. The highest BCUT2D eigenvalue weighted by atomic mass is 16.2. The molecule has 0 spiro atoms. The van der Waals surface area contributed by atoms with E-state index in [1.54, 1.807) is 0 Å². The Bertz CT molecular complexity index is 251. The normalized spacial score (nSPS) is 10.9. The Labute approximate surface area is 91.8 Å². The van der Waals surface area contributed by atoms with Crippen LogP contribution in [0.5, 0.6) is 0 Å². The fraction of sp³-hybridized carbons (Fsp3) is 0.583. The first-order chi connectivity index (χ1) is 7.33. The lowest BCUT2D eigenvalue weighted by molar-refractivity contribution is 0.271. The van der Waals surface area contributed by atoms with Crippen LogP contribution < -0.4 is 0 Å². The molecule has 0 saturated carbocycles. The van der Waals surface area contributed by atoms with E-state index in [9.17, 15) is 0 Å². The van der Waals surface area contributed by atoms with E-state index in [1.165, 1.54) is 5.56 Å². The van der Waals surface area contributed by atoms with Crippen molar-refractivity contribution in [2.24, 2.45) is 0 Å². The van der Waals surface area contributed by atoms with E-state index in [0.717, 1.165) is 32.4 Å². The summed E-state index contributed by atoms with van der Waals surface area (Å²) < 4.78 is 0. The van der Waals surface area contributed by atoms with Gasteiger partial charge in [-0.2, -0.15) is 0 Å². The van der Waals surface area contributed by atoms with Crippen molar-refractivity contribution < 1.29 is 5.11 Å². The Kier molecular flexibility index (Phi) is 5.97. The van der Waals surface area contributed by atoms with Crippen molar-refractivity contribution in [1.29, 1.82) is 0 Å². The third-order valence-corrected chi connectivity index (χ3v) is 2.40. The molecule has 0 fully saturated rings. The standard InChI is InChI=1S/C12H20N2O/c1-14(9-3-2-4-10-15)11-12-5-7-13-8-6-12/h5-8,15H,2-4,9-11H2,1H3. The highest BCUT2D eigenvalue weighted by Crippen LogP contribution is 2.03. The van der Waals surface area contributed by atoms with Gasteiger partial charge in [0.15, 0.2) is 0 Å². The van der Waals surface area contributed by atoms with Gasteiger partial charge in [-0.3, -0.25) is 4.98 Å². The van der Waals surface area contributed by atoms with Gasteiger partial charge in [0.25, 0.3) is 0 Å². The molecule has 0 aliphatic carbocycles. The molecular formula is C12H20N2O. The number of unbranched alkanes of at least 4 members (excludes halogenated alkanes) is 2. The van der Waals surface area contributed by atoms with Crippen LogP contribution in [0.3, 0.4) is 0 Å². The molecule has 0 aliphatic rings. The van der Waals surface area contributed by atoms with Gasteiger partial charge in [-0.15, -0.1) is 0 Å². The largest absolute Gasteiger partial charge is 0.396 e. The molecule has 1 aromatic rings. The van der Waals surface area contributed by atoms with Gasteiger partial charge >= 0.3 is 0 Å². The molecule has 3 nitrogen and oxygen atoms in total. The van der Waals surface area contributed by atoms with Crippen LogP contribution in [0.15, 0.2) is 24.5 Å². The predicted molar refractivity (Wildman–Crippen MR) is 61.5 cm³/mol. The molecule has 0 radical (unpaired) electrons. The first-order valence-electron chi connectivity index (χ1n) is 5.51. The number of pyridine rings is 1. The van der Waals surface area contributed by atoms with Gasteiger partial charge in [-0.1, -0.05) is 0 Å². The number of nitrogens with zero attached hydrogens (tertiary/aromatic N) is 2. The van der Waals surface area contributed by atoms with Crippen LogP contribution in [0.1, 0.15) is 24.8 Å². The van der Waals surface area contributed by atoms with Gasteiger partial charge in [-0.25, -0.2) is 0 Å². The minimum absolute atomic E-state index is 0.314. The molecule has 0 bridgehead atoms. The number of hydrogen-bond acceptors (Lipinski definition) is 3. The fourth-order valence-corrected chi connectivity index (χ4v) is 1.55. The van der Waals surface area contributed by atoms with Gasteiger partial charge in [0, 0.05) is 25.5 Å². The van der Waals surface area contributed by atoms with Crippen molar-refractivity contribution in [2.45, 2.75) is 25.8 Å². The molecule has 0 atom stereocenters. The van der Waals surface area contributed by atoms with Crippen molar-refractivity contribution in [2.75, 3.05) is 20.2 Å². The summed E-state index contributed by atoms with van der Waals surface area (Å²) in [5.41, 5.74) is 1.30. The van der Waals surface area contributed by atoms with E-state index in [1.807, 2.05) is 24.5 Å². The van der Waals surface area contributed by atoms with Crippen LogP contribution in [-0.2, 0) is 6.54 Å². The number of aliphatic hydroxyl groups is 1. The summed E-state index contributed by atoms with van der Waals surface area (Å²) in [7, 11) is 2.12. The summed E-state index contributed by atoms with van der Waals surface area (Å²) >= 11 is 0. The molecule has 1 N–H and O–H groups in total. The third kappa shape index (κ3) is 5.50. The molecule has 1 rings (SSSR count). The molecule has 15 heavy (non-hydrogen) atoms. The number of aromatic nitrogens is 1. The maximum atomic E-state index is 8.65. The molecule has 1 aromatic heterocycles. The van der Waals surface area contributed by atoms with Crippen molar-refractivity contribution in [3.63, 3.8) is 0 Å². The van der Waals surface area contributed by atoms with Crippen LogP contribution in [0.2, 0.25) is 0 Å². The summed E-state index contributed by atoms with van der Waals surface area (Å²) in [5.74, 6) is 0. The van der Waals surface area contributed by atoms with E-state index >= 15 is 0 Å². The second-order valence-electron chi connectivity index (χ2n) is 3.88. The molecular weight excluding hydrogens is 188 g/mol. The van der Waals surface area contributed by atoms with Gasteiger partial charge in [0.2, 0.25) is 0 Å². The van der Waals surface area contributed by atoms with E-state index in [-0.39, 0.29) is 0 Å². The quantitative estimate of drug-likeness (QED) is 0.693. The summed E-state index contributed by atoms with van der Waals surface area (Å²) in [4.78, 5) is 6.29. The lowest BCUT2D eigenvalue weighted by Crippen LogP contribution is -2.19. The van der Waals surface area contributed by atoms with Crippen LogP contribution in [0, 0.1) is 0 Å². The predicted octanol–water partition coefficient (Wildman–Crippen LogP) is 1.68. The summed E-state index contributed by atoms with van der Waals surface area (Å²) in [6, 6.07) is 4.09. The number of aliphatic hydroxyl groups excluding tert-OH is 1. The molecule has 0 saturated heterocycles. The minimum atomic E-state index is 0.314. The fourth-order valence-electron chi connectivity index (χ4n) is 1.55. The number of hydrogen-bond donors (Lipinski definition) is 1. The van der Waals surface area contributed by atoms with Crippen LogP contribution in [0.25, 0.3) is 0 Å². The Morgan fingerprint density at radius 2 is 1.93 bits per heavy atom. The summed E-state index contributed by atoms with van der Waals surface area (Å²) in [6.07, 6.45) is 6.84. The maximum absolute atomic E-state index is 8.65. The van der Waals surface area contributed by atoms with Crippen LogP contribution in [-0.4, -0.2) is 35.2 Å². The average molecular weight is 208 g/mol. The molecule has 0 aliphatic heterocycles. The van der Waals surface area contributed by atoms with Gasteiger partial charge in [0.1, 0.15) is 0 Å². The number of rotatable bonds is 7. The van der Waals surface area contributed by atoms with Gasteiger partial charge in [0.05, 0.1) is 0 Å². The van der Waals surface area contributed by atoms with Crippen molar-refractivity contribution >= 4 is 0 Å². The summed E-state index contributed by atoms with van der Waals surface area (Å²) in [5, 5.41) is 8.65. The molecule has 0 unspecified atom stereocenters. The molecule has 0 amide bonds. The van der Waals surface area contributed by atoms with Gasteiger partial charge < -0.3 is 10.0 Å². The van der Waals surface area contributed by atoms with E-state index in [2.05, 4.69) is 16.9 Å². The second kappa shape index (κ2) is 7.37. The molecule has 1 heterocycles. The van der Waals surface area contributed by atoms with Gasteiger partial charge in [-0.05, 0) is 50.6 Å². The summed E-state index contributed by atoms with van der Waals surface area (Å²) in [6.45, 7) is 2.37. The first kappa shape index (κ1) is 12.1. The van der Waals surface area contributed by atoms with Crippen molar-refractivity contribution in [3.8, 4) is 0 Å². The Morgan fingerprint density at radius 3 is 2.60 bits per heavy atom. The minimum Gasteiger partial charge on any atom is -0.396 e. The zero-order valence-electron chi connectivity index (χ0n) is 9.39. The van der Waals surface area contributed by atoms with Crippen molar-refractivity contribution in [3.05, 3.63) is 30.1 Å². The monoisotopic (exact) mass is 208 g/mol. The lowest BCUT2D eigenvalue weighted by atomic mass is 10.2. The Balaban J connectivity index is 2.16. The maximum Gasteiger partial charge on any atom is 0.0431 e. The topological polar surface area (TPSA) is 36.4 Å². The van der Waals surface area contributed by atoms with E-state index in [4.69, 9.17) is 5.11 Å². The zero-order valence-corrected chi connectivity index (χ0v) is 9.39. The zero-order chi connectivity index (χ0) is 10.9. The molecule has 0 aromatic carbocycles. The van der Waals surface area contributed by atoms with E-state index in [0.29, 0.717) is 6.61 Å². The first-order valence-corrected chi connectivity index (χ1v) is 5.51. The average Bonchev–Trinajstić information content (AvgIpc) is 2.26. The molecule has 84 valence electrons. The Hall–Kier alpha value is -0.930. The van der Waals surface area contributed by atoms with Crippen molar-refractivity contribution in [1.82, 2.24) is 9.88 Å². The molecule has 3 heteroatoms. The lowest BCUT2D eigenvalue weighted by Gasteiger charge is -2.16. The second-order valence-corrected chi connectivity index (χ2v) is 3.88. The highest BCUT2D eigenvalue weighted by Gasteiger charge is 1.99. The SMILES string of the molecule is CN(CCCCCO)Cc1ccncc1. The smallest absolute Gasteiger partial charge is 0.0431 e. The van der Waals surface area contributed by atoms with Crippen LogP contribution in [0.4, 0.5) is 0 Å². The van der Waals surface area contributed by atoms with Crippen LogP contribution >= 0.6 is 0 Å². The Morgan fingerprint density at radius 1 is 1.20 bits per heavy atom. The highest BCUT2D eigenvalue weighted by molar-refractivity contribution is 5.08.